The lowest BCUT2D eigenvalue weighted by atomic mass is 9.69. The van der Waals surface area contributed by atoms with Gasteiger partial charge in [0.1, 0.15) is 4.99 Å². The molecule has 1 aliphatic heterocycles. The highest BCUT2D eigenvalue weighted by atomic mass is 32.1. The summed E-state index contributed by atoms with van der Waals surface area (Å²) >= 11 is 6.21. The van der Waals surface area contributed by atoms with E-state index in [1.807, 2.05) is 30.3 Å². The molecule has 2 fully saturated rings. The van der Waals surface area contributed by atoms with E-state index in [1.165, 1.54) is 37.0 Å². The highest BCUT2D eigenvalue weighted by Gasteiger charge is 2.63. The van der Waals surface area contributed by atoms with E-state index < -0.39 is 0 Å². The van der Waals surface area contributed by atoms with Gasteiger partial charge in [-0.15, -0.1) is 0 Å². The Morgan fingerprint density at radius 1 is 1.06 bits per heavy atom. The van der Waals surface area contributed by atoms with Crippen molar-refractivity contribution in [2.75, 3.05) is 18.0 Å². The van der Waals surface area contributed by atoms with Crippen LogP contribution in [0.2, 0.25) is 0 Å². The number of hydrogen-bond acceptors (Lipinski definition) is 4. The first-order chi connectivity index (χ1) is 15.4. The Labute approximate surface area is 196 Å². The van der Waals surface area contributed by atoms with Gasteiger partial charge in [-0.25, -0.2) is 0 Å². The number of carbonyl (C=O) groups excluding carboxylic acids is 1. The van der Waals surface area contributed by atoms with E-state index in [2.05, 4.69) is 25.7 Å². The van der Waals surface area contributed by atoms with Gasteiger partial charge in [-0.1, -0.05) is 51.2 Å². The van der Waals surface area contributed by atoms with Crippen LogP contribution in [0.1, 0.15) is 63.4 Å². The van der Waals surface area contributed by atoms with Gasteiger partial charge < -0.3 is 9.32 Å². The molecule has 0 spiro atoms. The van der Waals surface area contributed by atoms with E-state index in [9.17, 15) is 4.79 Å². The fourth-order valence-electron chi connectivity index (χ4n) is 6.31. The highest BCUT2D eigenvalue weighted by Crippen LogP contribution is 2.68. The van der Waals surface area contributed by atoms with E-state index in [1.54, 1.807) is 23.3 Å². The lowest BCUT2D eigenvalue weighted by Crippen LogP contribution is -2.42. The van der Waals surface area contributed by atoms with Crippen molar-refractivity contribution >= 4 is 28.8 Å². The van der Waals surface area contributed by atoms with Crippen LogP contribution in [0.15, 0.2) is 64.4 Å². The van der Waals surface area contributed by atoms with Gasteiger partial charge in [0.25, 0.3) is 5.91 Å². The smallest absolute Gasteiger partial charge is 0.299 e. The molecule has 1 saturated heterocycles. The molecule has 2 atom stereocenters. The van der Waals surface area contributed by atoms with E-state index >= 15 is 0 Å². The predicted octanol–water partition coefficient (Wildman–Crippen LogP) is 6.45. The summed E-state index contributed by atoms with van der Waals surface area (Å²) in [6.07, 6.45) is 7.57. The fraction of sp³-hybridized carbons (Fsp3) is 0.481. The summed E-state index contributed by atoms with van der Waals surface area (Å²) in [6, 6.07) is 13.2. The number of thiocarbonyl (C=S) groups is 1. The molecule has 168 valence electrons. The average molecular weight is 449 g/mol. The third-order valence-electron chi connectivity index (χ3n) is 8.41. The number of rotatable bonds is 4. The minimum absolute atomic E-state index is 0.0739. The van der Waals surface area contributed by atoms with Crippen LogP contribution in [0, 0.1) is 16.7 Å². The molecular formula is C27H32N2O2S. The number of hydrogen-bond donors (Lipinski definition) is 0. The van der Waals surface area contributed by atoms with Crippen LogP contribution in [0.4, 0.5) is 5.69 Å². The number of benzene rings is 1. The zero-order chi connectivity index (χ0) is 22.5. The van der Waals surface area contributed by atoms with Gasteiger partial charge >= 0.3 is 0 Å². The first-order valence-corrected chi connectivity index (χ1v) is 12.2. The van der Waals surface area contributed by atoms with Gasteiger partial charge in [0, 0.05) is 29.8 Å². The second kappa shape index (κ2) is 7.87. The van der Waals surface area contributed by atoms with Crippen LogP contribution in [0.25, 0.3) is 0 Å². The number of anilines is 1. The van der Waals surface area contributed by atoms with Crippen molar-refractivity contribution in [3.63, 3.8) is 0 Å². The number of para-hydroxylation sites is 1. The van der Waals surface area contributed by atoms with Crippen LogP contribution in [0.5, 0.6) is 0 Å². The van der Waals surface area contributed by atoms with Gasteiger partial charge in [0.05, 0.1) is 12.0 Å². The predicted molar refractivity (Wildman–Crippen MR) is 132 cm³/mol. The standard InChI is InChI=1S/C27H32N2O2S/c1-26(2)20-14-15-27(26,3)23(28-16-8-5-9-17-28)22(20)25(32)29(19-11-6-4-7-12-19)24(30)21-13-10-18-31-21/h4,6-7,10-13,18,20H,5,8-9,14-17H2,1-3H3/t20-,27+/m1/s1. The van der Waals surface area contributed by atoms with Crippen LogP contribution in [0.3, 0.4) is 0 Å². The van der Waals surface area contributed by atoms with Crippen molar-refractivity contribution in [3.8, 4) is 0 Å². The van der Waals surface area contributed by atoms with Crippen LogP contribution in [-0.2, 0) is 0 Å². The summed E-state index contributed by atoms with van der Waals surface area (Å²) in [7, 11) is 0. The first kappa shape index (κ1) is 21.4. The van der Waals surface area contributed by atoms with Gasteiger partial charge in [0.15, 0.2) is 5.76 Å². The Kier molecular flexibility index (Phi) is 5.28. The van der Waals surface area contributed by atoms with E-state index in [4.69, 9.17) is 16.6 Å². The molecule has 0 radical (unpaired) electrons. The van der Waals surface area contributed by atoms with Crippen molar-refractivity contribution < 1.29 is 9.21 Å². The average Bonchev–Trinajstić information content (AvgIpc) is 3.46. The van der Waals surface area contributed by atoms with Gasteiger partial charge in [-0.05, 0) is 67.7 Å². The largest absolute Gasteiger partial charge is 0.459 e. The maximum atomic E-state index is 13.6. The Hall–Kier alpha value is -2.40. The molecule has 2 aromatic rings. The molecule has 32 heavy (non-hydrogen) atoms. The normalized spacial score (nSPS) is 26.5. The number of nitrogens with zero attached hydrogens (tertiary/aromatic N) is 2. The quantitative estimate of drug-likeness (QED) is 0.504. The molecule has 5 rings (SSSR count). The first-order valence-electron chi connectivity index (χ1n) is 11.8. The molecule has 5 heteroatoms. The number of furan rings is 1. The molecule has 1 aromatic heterocycles. The third kappa shape index (κ3) is 3.08. The molecule has 1 amide bonds. The summed E-state index contributed by atoms with van der Waals surface area (Å²) in [6.45, 7) is 9.37. The van der Waals surface area contributed by atoms with Crippen LogP contribution >= 0.6 is 12.2 Å². The number of fused-ring (bicyclic) bond motifs is 2. The molecule has 4 nitrogen and oxygen atoms in total. The summed E-state index contributed by atoms with van der Waals surface area (Å²) in [5.41, 5.74) is 3.58. The second-order valence-corrected chi connectivity index (χ2v) is 10.6. The van der Waals surface area contributed by atoms with Gasteiger partial charge in [-0.2, -0.15) is 0 Å². The number of allylic oxidation sites excluding steroid dienone is 1. The Balaban J connectivity index is 1.65. The lowest BCUT2D eigenvalue weighted by molar-refractivity contribution is 0.0976. The molecule has 1 saturated carbocycles. The van der Waals surface area contributed by atoms with Crippen LogP contribution < -0.4 is 4.90 Å². The Morgan fingerprint density at radius 3 is 2.44 bits per heavy atom. The fourth-order valence-corrected chi connectivity index (χ4v) is 6.74. The van der Waals surface area contributed by atoms with Gasteiger partial charge in [0.2, 0.25) is 0 Å². The SMILES string of the molecule is CC1(C)[C@@H]2CC[C@@]1(C)C(N1CCCCC1)=C2C(=S)N(C(=O)c1ccco1)c1ccccc1. The summed E-state index contributed by atoms with van der Waals surface area (Å²) in [5.74, 6) is 0.458. The Morgan fingerprint density at radius 2 is 1.78 bits per heavy atom. The minimum Gasteiger partial charge on any atom is -0.459 e. The highest BCUT2D eigenvalue weighted by molar-refractivity contribution is 7.81. The van der Waals surface area contributed by atoms with Crippen molar-refractivity contribution in [1.29, 1.82) is 0 Å². The molecule has 2 aliphatic carbocycles. The number of amides is 1. The maximum absolute atomic E-state index is 13.6. The lowest BCUT2D eigenvalue weighted by Gasteiger charge is -2.43. The number of likely N-dealkylation sites (tertiary alicyclic amines) is 1. The summed E-state index contributed by atoms with van der Waals surface area (Å²) in [4.78, 5) is 18.6. The number of piperidine rings is 1. The molecule has 3 aliphatic rings. The van der Waals surface area contributed by atoms with Crippen LogP contribution in [-0.4, -0.2) is 28.9 Å². The van der Waals surface area contributed by atoms with E-state index in [0.29, 0.717) is 16.7 Å². The third-order valence-corrected chi connectivity index (χ3v) is 8.81. The van der Waals surface area contributed by atoms with E-state index in [-0.39, 0.29) is 16.7 Å². The molecule has 0 N–H and O–H groups in total. The van der Waals surface area contributed by atoms with Crippen molar-refractivity contribution in [3.05, 3.63) is 65.8 Å². The minimum atomic E-state index is -0.206. The number of carbonyl (C=O) groups is 1. The zero-order valence-electron chi connectivity index (χ0n) is 19.3. The summed E-state index contributed by atoms with van der Waals surface area (Å²) < 4.78 is 5.50. The zero-order valence-corrected chi connectivity index (χ0v) is 20.1. The van der Waals surface area contributed by atoms with Crippen molar-refractivity contribution in [2.24, 2.45) is 16.7 Å². The maximum Gasteiger partial charge on any atom is 0.299 e. The van der Waals surface area contributed by atoms with Crippen molar-refractivity contribution in [2.45, 2.75) is 52.9 Å². The molecule has 0 unspecified atom stereocenters. The molecule has 1 aromatic carbocycles. The van der Waals surface area contributed by atoms with Crippen molar-refractivity contribution in [1.82, 2.24) is 4.90 Å². The molecule has 2 bridgehead atoms. The van der Waals surface area contributed by atoms with Gasteiger partial charge in [-0.3, -0.25) is 9.69 Å². The topological polar surface area (TPSA) is 36.7 Å². The van der Waals surface area contributed by atoms with E-state index in [0.717, 1.165) is 25.2 Å². The summed E-state index contributed by atoms with van der Waals surface area (Å²) in [5, 5.41) is 0. The monoisotopic (exact) mass is 448 g/mol. The Bertz CT molecular complexity index is 1050. The molecule has 2 heterocycles. The second-order valence-electron chi connectivity index (χ2n) is 10.2. The molecular weight excluding hydrogens is 416 g/mol.